The summed E-state index contributed by atoms with van der Waals surface area (Å²) in [4.78, 5) is 42.0. The van der Waals surface area contributed by atoms with Gasteiger partial charge in [0, 0.05) is 22.6 Å². The lowest BCUT2D eigenvalue weighted by molar-refractivity contribution is -0.132. The quantitative estimate of drug-likeness (QED) is 0.358. The number of rotatable bonds is 0. The molecular formula is C22H26N2O6S3. The first-order chi connectivity index (χ1) is 15.5. The third-order valence-electron chi connectivity index (χ3n) is 5.78. The van der Waals surface area contributed by atoms with Crippen molar-refractivity contribution < 1.29 is 28.8 Å². The van der Waals surface area contributed by atoms with Gasteiger partial charge in [-0.3, -0.25) is 14.4 Å². The molecule has 2 aliphatic heterocycles. The number of hydrogen-bond acceptors (Lipinski definition) is 9. The molecule has 3 heterocycles. The summed E-state index contributed by atoms with van der Waals surface area (Å²) in [5, 5.41) is 25.8. The lowest BCUT2D eigenvalue weighted by Crippen LogP contribution is -2.55. The van der Waals surface area contributed by atoms with Gasteiger partial charge in [0.15, 0.2) is 5.78 Å². The average Bonchev–Trinajstić information content (AvgIpc) is 3.27. The molecule has 0 radical (unpaired) electrons. The van der Waals surface area contributed by atoms with E-state index in [9.17, 15) is 28.8 Å². The molecule has 178 valence electrons. The number of aliphatic hydroxyl groups is 2. The highest BCUT2D eigenvalue weighted by Crippen LogP contribution is 2.50. The third kappa shape index (κ3) is 5.43. The fourth-order valence-electron chi connectivity index (χ4n) is 3.65. The van der Waals surface area contributed by atoms with E-state index < -0.39 is 49.1 Å². The van der Waals surface area contributed by atoms with Crippen molar-refractivity contribution in [3.63, 3.8) is 0 Å². The number of hydrogen-bond donors (Lipinski definition) is 3. The highest BCUT2D eigenvalue weighted by atomic mass is 33.1. The molecule has 0 aromatic carbocycles. The van der Waals surface area contributed by atoms with E-state index in [2.05, 4.69) is 10.3 Å². The third-order valence-corrected chi connectivity index (χ3v) is 10.8. The van der Waals surface area contributed by atoms with Crippen LogP contribution in [0, 0.1) is 0 Å². The number of allylic oxidation sites excluding steroid dienone is 3. The van der Waals surface area contributed by atoms with Gasteiger partial charge in [-0.1, -0.05) is 17.7 Å². The van der Waals surface area contributed by atoms with Gasteiger partial charge in [-0.15, -0.1) is 11.3 Å². The van der Waals surface area contributed by atoms with E-state index in [-0.39, 0.29) is 19.3 Å². The number of fused-ring (bicyclic) bond motifs is 2. The number of aromatic nitrogens is 1. The van der Waals surface area contributed by atoms with Crippen LogP contribution < -0.4 is 5.32 Å². The van der Waals surface area contributed by atoms with Crippen molar-refractivity contribution in [3.05, 3.63) is 46.0 Å². The van der Waals surface area contributed by atoms with Gasteiger partial charge in [0.1, 0.15) is 21.5 Å². The van der Waals surface area contributed by atoms with E-state index in [4.69, 9.17) is 0 Å². The van der Waals surface area contributed by atoms with Crippen LogP contribution in [0.3, 0.4) is 0 Å². The molecule has 8 nitrogen and oxygen atoms in total. The summed E-state index contributed by atoms with van der Waals surface area (Å²) < 4.78 is 11.5. The second-order valence-corrected chi connectivity index (χ2v) is 12.4. The Bertz CT molecular complexity index is 1070. The van der Waals surface area contributed by atoms with Crippen LogP contribution in [-0.4, -0.2) is 52.7 Å². The summed E-state index contributed by atoms with van der Waals surface area (Å²) in [6.07, 6.45) is 6.07. The Morgan fingerprint density at radius 1 is 1.24 bits per heavy atom. The van der Waals surface area contributed by atoms with Gasteiger partial charge < -0.3 is 15.5 Å². The average molecular weight is 511 g/mol. The second-order valence-electron chi connectivity index (χ2n) is 8.33. The Morgan fingerprint density at radius 3 is 2.61 bits per heavy atom. The van der Waals surface area contributed by atoms with Crippen LogP contribution in [0.5, 0.6) is 0 Å². The smallest absolute Gasteiger partial charge is 0.234 e. The maximum Gasteiger partial charge on any atom is 0.234 e. The molecule has 0 aliphatic carbocycles. The molecule has 1 aromatic heterocycles. The summed E-state index contributed by atoms with van der Waals surface area (Å²) in [6.45, 7) is 4.75. The Kier molecular flexibility index (Phi) is 7.90. The number of ketones is 1. The summed E-state index contributed by atoms with van der Waals surface area (Å²) in [7, 11) is -1.33. The van der Waals surface area contributed by atoms with Crippen LogP contribution in [0.25, 0.3) is 6.08 Å². The molecule has 3 N–H and O–H groups in total. The lowest BCUT2D eigenvalue weighted by atomic mass is 9.81. The number of carbonyl (C=O) groups excluding carboxylic acids is 3. The number of amides is 1. The minimum absolute atomic E-state index is 0.0520. The van der Waals surface area contributed by atoms with E-state index in [0.29, 0.717) is 27.1 Å². The Labute approximate surface area is 202 Å². The number of thiazole rings is 1. The number of nitrogens with zero attached hydrogens (tertiary/aromatic N) is 1. The van der Waals surface area contributed by atoms with E-state index in [1.807, 2.05) is 0 Å². The summed E-state index contributed by atoms with van der Waals surface area (Å²) in [5.41, 5.74) is -0.732. The number of carbonyl (C=O) groups is 3. The topological polar surface area (TPSA) is 134 Å². The van der Waals surface area contributed by atoms with E-state index in [0.717, 1.165) is 0 Å². The zero-order valence-corrected chi connectivity index (χ0v) is 20.9. The maximum atomic E-state index is 13.0. The molecule has 1 spiro atoms. The zero-order valence-electron chi connectivity index (χ0n) is 18.4. The molecule has 1 fully saturated rings. The lowest BCUT2D eigenvalue weighted by Gasteiger charge is -2.36. The summed E-state index contributed by atoms with van der Waals surface area (Å²) in [5.74, 6) is -0.969. The van der Waals surface area contributed by atoms with Crippen LogP contribution >= 0.6 is 22.1 Å². The number of aliphatic hydroxyl groups excluding tert-OH is 1. The zero-order chi connectivity index (χ0) is 24.4. The van der Waals surface area contributed by atoms with Crippen LogP contribution in [0.2, 0.25) is 0 Å². The molecule has 2 aliphatic rings. The number of nitrogens with one attached hydrogen (secondary N) is 1. The second kappa shape index (κ2) is 10.1. The molecule has 5 unspecified atom stereocenters. The summed E-state index contributed by atoms with van der Waals surface area (Å²) in [6, 6.07) is -0.433. The Morgan fingerprint density at radius 2 is 1.94 bits per heavy atom. The standard InChI is InChI=1S/C22H26N2O6S3/c1-13-8-9-22(21(3,29)20(28)32-33(22)30)11-18(27)23-14(2)19-24-15(12-31-19)6-4-5-7-16(25)17(26)10-13/h4-7,10,12,14,17,26,29H,8-9,11H2,1-3H3,(H,23,27)/b6-4-,7-5-,13-10-. The van der Waals surface area contributed by atoms with Crippen LogP contribution in [-0.2, 0) is 24.2 Å². The van der Waals surface area contributed by atoms with Crippen LogP contribution in [0.1, 0.15) is 56.8 Å². The van der Waals surface area contributed by atoms with Crippen LogP contribution in [0.4, 0.5) is 0 Å². The van der Waals surface area contributed by atoms with E-state index >= 15 is 0 Å². The predicted molar refractivity (Wildman–Crippen MR) is 130 cm³/mol. The van der Waals surface area contributed by atoms with Crippen molar-refractivity contribution in [2.45, 2.75) is 62.5 Å². The maximum absolute atomic E-state index is 13.0. The predicted octanol–water partition coefficient (Wildman–Crippen LogP) is 2.38. The molecule has 1 saturated heterocycles. The molecule has 5 atom stereocenters. The van der Waals surface area contributed by atoms with Gasteiger partial charge in [0.25, 0.3) is 0 Å². The van der Waals surface area contributed by atoms with Crippen molar-refractivity contribution in [1.29, 1.82) is 0 Å². The van der Waals surface area contributed by atoms with Gasteiger partial charge in [-0.2, -0.15) is 0 Å². The first-order valence-electron chi connectivity index (χ1n) is 10.3. The monoisotopic (exact) mass is 510 g/mol. The Balaban J connectivity index is 1.99. The highest BCUT2D eigenvalue weighted by molar-refractivity contribution is 8.76. The minimum atomic E-state index is -1.99. The molecule has 2 bridgehead atoms. The molecule has 3 rings (SSSR count). The molecule has 1 amide bonds. The summed E-state index contributed by atoms with van der Waals surface area (Å²) >= 11 is 1.35. The first kappa shape index (κ1) is 25.7. The van der Waals surface area contributed by atoms with Gasteiger partial charge >= 0.3 is 0 Å². The minimum Gasteiger partial charge on any atom is -0.381 e. The molecule has 33 heavy (non-hydrogen) atoms. The van der Waals surface area contributed by atoms with Crippen molar-refractivity contribution in [3.8, 4) is 0 Å². The Hall–Kier alpha value is -1.92. The van der Waals surface area contributed by atoms with E-state index in [1.165, 1.54) is 36.5 Å². The van der Waals surface area contributed by atoms with Gasteiger partial charge in [0.05, 0.1) is 21.6 Å². The van der Waals surface area contributed by atoms with E-state index in [1.54, 1.807) is 31.4 Å². The van der Waals surface area contributed by atoms with Gasteiger partial charge in [0.2, 0.25) is 11.0 Å². The highest BCUT2D eigenvalue weighted by Gasteiger charge is 2.63. The fraction of sp³-hybridized carbons (Fsp3) is 0.455. The normalized spacial score (nSPS) is 37.7. The van der Waals surface area contributed by atoms with Crippen molar-refractivity contribution in [2.24, 2.45) is 0 Å². The SMILES string of the molecule is C/C1=C/C(O)C(=O)/C=C\C=C/c2csc(n2)C(C)NC(=O)CC2(CC1)S(=O)SC(=O)C2(C)O. The first-order valence-corrected chi connectivity index (χ1v) is 13.7. The molecule has 11 heteroatoms. The van der Waals surface area contributed by atoms with Crippen molar-refractivity contribution >= 4 is 54.8 Å². The largest absolute Gasteiger partial charge is 0.381 e. The van der Waals surface area contributed by atoms with Gasteiger partial charge in [-0.05, 0) is 51.8 Å². The fourth-order valence-corrected chi connectivity index (χ4v) is 8.39. The van der Waals surface area contributed by atoms with Gasteiger partial charge in [-0.25, -0.2) is 9.19 Å². The molecule has 1 aromatic rings. The van der Waals surface area contributed by atoms with Crippen LogP contribution in [0.15, 0.2) is 35.3 Å². The molecule has 0 saturated carbocycles. The van der Waals surface area contributed by atoms with Crippen molar-refractivity contribution in [2.75, 3.05) is 0 Å². The van der Waals surface area contributed by atoms with Crippen molar-refractivity contribution in [1.82, 2.24) is 10.3 Å². The molecular weight excluding hydrogens is 484 g/mol.